The zero-order valence-corrected chi connectivity index (χ0v) is 14.8. The third-order valence-electron chi connectivity index (χ3n) is 3.76. The van der Waals surface area contributed by atoms with Crippen molar-refractivity contribution in [2.24, 2.45) is 0 Å². The fourth-order valence-corrected chi connectivity index (χ4v) is 3.45. The van der Waals surface area contributed by atoms with E-state index in [1.807, 2.05) is 4.72 Å². The molecule has 0 radical (unpaired) electrons. The first kappa shape index (κ1) is 20.7. The average molecular weight is 399 g/mol. The molecule has 0 amide bonds. The molecule has 1 aromatic heterocycles. The second-order valence-electron chi connectivity index (χ2n) is 5.53. The molecule has 12 heteroatoms. The van der Waals surface area contributed by atoms with Crippen LogP contribution in [0, 0.1) is 0 Å². The SMILES string of the molecule is CCOC(=O)c1ccc(S(=O)(=O)NCC(N2CCNCC2)C(F)(F)F)o1. The van der Waals surface area contributed by atoms with E-state index in [2.05, 4.69) is 10.1 Å². The highest BCUT2D eigenvalue weighted by Gasteiger charge is 2.44. The minimum atomic E-state index is -4.60. The molecule has 0 saturated carbocycles. The second-order valence-corrected chi connectivity index (χ2v) is 7.23. The molecule has 1 aliphatic rings. The summed E-state index contributed by atoms with van der Waals surface area (Å²) in [6.45, 7) is 1.85. The summed E-state index contributed by atoms with van der Waals surface area (Å²) in [5, 5.41) is 2.29. The Labute approximate surface area is 148 Å². The number of carbonyl (C=O) groups is 1. The van der Waals surface area contributed by atoms with Gasteiger partial charge in [-0.2, -0.15) is 13.2 Å². The minimum Gasteiger partial charge on any atom is -0.460 e. The van der Waals surface area contributed by atoms with Crippen molar-refractivity contribution in [3.63, 3.8) is 0 Å². The van der Waals surface area contributed by atoms with Crippen LogP contribution in [-0.2, 0) is 14.8 Å². The van der Waals surface area contributed by atoms with E-state index in [-0.39, 0.29) is 25.5 Å². The molecular formula is C14H20F3N3O5S. The van der Waals surface area contributed by atoms with Crippen LogP contribution in [0.25, 0.3) is 0 Å². The van der Waals surface area contributed by atoms with E-state index in [1.54, 1.807) is 6.92 Å². The van der Waals surface area contributed by atoms with Gasteiger partial charge in [0.1, 0.15) is 6.04 Å². The molecule has 148 valence electrons. The first-order valence-corrected chi connectivity index (χ1v) is 9.41. The maximum absolute atomic E-state index is 13.3. The van der Waals surface area contributed by atoms with Gasteiger partial charge < -0.3 is 14.5 Å². The predicted molar refractivity (Wildman–Crippen MR) is 84.1 cm³/mol. The predicted octanol–water partition coefficient (Wildman–Crippen LogP) is 0.571. The monoisotopic (exact) mass is 399 g/mol. The number of ether oxygens (including phenoxy) is 1. The number of sulfonamides is 1. The van der Waals surface area contributed by atoms with Crippen molar-refractivity contribution in [3.8, 4) is 0 Å². The highest BCUT2D eigenvalue weighted by Crippen LogP contribution is 2.25. The van der Waals surface area contributed by atoms with Crippen molar-refractivity contribution in [3.05, 3.63) is 17.9 Å². The molecule has 26 heavy (non-hydrogen) atoms. The lowest BCUT2D eigenvalue weighted by Crippen LogP contribution is -2.57. The average Bonchev–Trinajstić information content (AvgIpc) is 3.06. The Balaban J connectivity index is 2.08. The molecule has 8 nitrogen and oxygen atoms in total. The topological polar surface area (TPSA) is 101 Å². The number of hydrogen-bond acceptors (Lipinski definition) is 7. The van der Waals surface area contributed by atoms with Gasteiger partial charge in [-0.05, 0) is 19.1 Å². The molecule has 1 atom stereocenters. The van der Waals surface area contributed by atoms with Crippen LogP contribution in [-0.4, -0.2) is 70.8 Å². The zero-order valence-electron chi connectivity index (χ0n) is 14.0. The van der Waals surface area contributed by atoms with E-state index in [0.29, 0.717) is 13.1 Å². The lowest BCUT2D eigenvalue weighted by molar-refractivity contribution is -0.182. The van der Waals surface area contributed by atoms with Gasteiger partial charge in [0.2, 0.25) is 10.9 Å². The molecule has 0 aromatic carbocycles. The Bertz CT molecular complexity index is 714. The Hall–Kier alpha value is -1.63. The Morgan fingerprint density at radius 1 is 1.38 bits per heavy atom. The molecule has 0 spiro atoms. The third kappa shape index (κ3) is 5.19. The molecule has 0 aliphatic carbocycles. The zero-order chi connectivity index (χ0) is 19.4. The molecule has 1 fully saturated rings. The van der Waals surface area contributed by atoms with E-state index in [9.17, 15) is 26.4 Å². The quantitative estimate of drug-likeness (QED) is 0.647. The van der Waals surface area contributed by atoms with Gasteiger partial charge in [-0.25, -0.2) is 17.9 Å². The number of nitrogens with one attached hydrogen (secondary N) is 2. The van der Waals surface area contributed by atoms with Crippen LogP contribution >= 0.6 is 0 Å². The third-order valence-corrected chi connectivity index (χ3v) is 5.06. The fourth-order valence-electron chi connectivity index (χ4n) is 2.48. The van der Waals surface area contributed by atoms with Crippen molar-refractivity contribution in [2.75, 3.05) is 39.3 Å². The standard InChI is InChI=1S/C14H20F3N3O5S/c1-2-24-13(21)10-3-4-12(25-10)26(22,23)19-9-11(14(15,16)17)20-7-5-18-6-8-20/h3-4,11,18-19H,2,5-9H2,1H3. The van der Waals surface area contributed by atoms with Crippen molar-refractivity contribution < 1.29 is 35.5 Å². The summed E-state index contributed by atoms with van der Waals surface area (Å²) >= 11 is 0. The van der Waals surface area contributed by atoms with Gasteiger partial charge in [-0.3, -0.25) is 4.90 Å². The molecule has 1 saturated heterocycles. The molecule has 2 N–H and O–H groups in total. The van der Waals surface area contributed by atoms with Gasteiger partial charge in [0.15, 0.2) is 0 Å². The molecule has 1 unspecified atom stereocenters. The number of alkyl halides is 3. The van der Waals surface area contributed by atoms with Crippen LogP contribution in [0.2, 0.25) is 0 Å². The van der Waals surface area contributed by atoms with Crippen molar-refractivity contribution in [2.45, 2.75) is 24.2 Å². The molecule has 1 aromatic rings. The van der Waals surface area contributed by atoms with E-state index in [4.69, 9.17) is 4.42 Å². The first-order valence-electron chi connectivity index (χ1n) is 7.93. The van der Waals surface area contributed by atoms with E-state index < -0.39 is 39.8 Å². The normalized spacial score (nSPS) is 17.8. The van der Waals surface area contributed by atoms with Gasteiger partial charge in [-0.1, -0.05) is 0 Å². The van der Waals surface area contributed by atoms with E-state index >= 15 is 0 Å². The van der Waals surface area contributed by atoms with Crippen LogP contribution in [0.4, 0.5) is 13.2 Å². The summed E-state index contributed by atoms with van der Waals surface area (Å²) in [5.74, 6) is -1.20. The van der Waals surface area contributed by atoms with Gasteiger partial charge in [0, 0.05) is 32.7 Å². The molecule has 1 aliphatic heterocycles. The lowest BCUT2D eigenvalue weighted by Gasteiger charge is -2.35. The molecule has 2 rings (SSSR count). The Kier molecular flexibility index (Phi) is 6.66. The summed E-state index contributed by atoms with van der Waals surface area (Å²) < 4.78 is 75.7. The van der Waals surface area contributed by atoms with Gasteiger partial charge >= 0.3 is 12.1 Å². The van der Waals surface area contributed by atoms with Gasteiger partial charge in [0.05, 0.1) is 6.61 Å². The summed E-state index contributed by atoms with van der Waals surface area (Å²) in [5.41, 5.74) is 0. The maximum atomic E-state index is 13.3. The van der Waals surface area contributed by atoms with Gasteiger partial charge in [-0.15, -0.1) is 0 Å². The number of hydrogen-bond donors (Lipinski definition) is 2. The summed E-state index contributed by atoms with van der Waals surface area (Å²) in [6.07, 6.45) is -4.60. The molecule has 0 bridgehead atoms. The Morgan fingerprint density at radius 2 is 2.04 bits per heavy atom. The number of piperazine rings is 1. The van der Waals surface area contributed by atoms with Crippen LogP contribution < -0.4 is 10.0 Å². The minimum absolute atomic E-state index is 0.0673. The van der Waals surface area contributed by atoms with Crippen LogP contribution in [0.15, 0.2) is 21.6 Å². The summed E-state index contributed by atoms with van der Waals surface area (Å²) in [4.78, 5) is 12.7. The first-order chi connectivity index (χ1) is 12.1. The summed E-state index contributed by atoms with van der Waals surface area (Å²) in [7, 11) is -4.35. The maximum Gasteiger partial charge on any atom is 0.405 e. The Morgan fingerprint density at radius 3 is 2.62 bits per heavy atom. The van der Waals surface area contributed by atoms with Gasteiger partial charge in [0.25, 0.3) is 10.0 Å². The lowest BCUT2D eigenvalue weighted by atomic mass is 10.2. The van der Waals surface area contributed by atoms with Crippen molar-refractivity contribution in [1.29, 1.82) is 0 Å². The van der Waals surface area contributed by atoms with Crippen LogP contribution in [0.5, 0.6) is 0 Å². The van der Waals surface area contributed by atoms with E-state index in [0.717, 1.165) is 12.1 Å². The number of nitrogens with zero attached hydrogens (tertiary/aromatic N) is 1. The molecule has 2 heterocycles. The number of halogens is 3. The van der Waals surface area contributed by atoms with Crippen LogP contribution in [0.3, 0.4) is 0 Å². The fraction of sp³-hybridized carbons (Fsp3) is 0.643. The second kappa shape index (κ2) is 8.37. The van der Waals surface area contributed by atoms with Crippen LogP contribution in [0.1, 0.15) is 17.5 Å². The number of carbonyl (C=O) groups excluding carboxylic acids is 1. The van der Waals surface area contributed by atoms with Crippen molar-refractivity contribution in [1.82, 2.24) is 14.9 Å². The largest absolute Gasteiger partial charge is 0.460 e. The number of furan rings is 1. The highest BCUT2D eigenvalue weighted by atomic mass is 32.2. The smallest absolute Gasteiger partial charge is 0.405 e. The van der Waals surface area contributed by atoms with E-state index in [1.165, 1.54) is 4.90 Å². The molecular weight excluding hydrogens is 379 g/mol. The number of esters is 1. The van der Waals surface area contributed by atoms with Crippen molar-refractivity contribution >= 4 is 16.0 Å². The summed E-state index contributed by atoms with van der Waals surface area (Å²) in [6, 6.07) is 0.116. The highest BCUT2D eigenvalue weighted by molar-refractivity contribution is 7.89. The number of rotatable bonds is 7.